The standard InChI is InChI=1S/C23H30N4O3/c1-14-3-5-16(6-4-14)11-18(24)23(29)27-10-9-19(15(2)13-27)25-22(28)20-12-21(30-26-20)17-7-8-17/h3-6,12,15,17-19H,7-11,13,24H2,1-2H3,(H,25,28)/t15-,18+,19?/m0/s1. The Kier molecular flexibility index (Phi) is 5.90. The van der Waals surface area contributed by atoms with Gasteiger partial charge in [-0.1, -0.05) is 41.9 Å². The number of nitrogens with zero attached hydrogens (tertiary/aromatic N) is 2. The number of amides is 2. The fourth-order valence-electron chi connectivity index (χ4n) is 4.06. The Morgan fingerprint density at radius 2 is 2.00 bits per heavy atom. The van der Waals surface area contributed by atoms with Crippen molar-refractivity contribution in [3.8, 4) is 0 Å². The molecule has 2 aromatic rings. The Morgan fingerprint density at radius 3 is 2.67 bits per heavy atom. The quantitative estimate of drug-likeness (QED) is 0.761. The lowest BCUT2D eigenvalue weighted by Crippen LogP contribution is -2.55. The molecule has 1 aliphatic carbocycles. The highest BCUT2D eigenvalue weighted by atomic mass is 16.5. The average Bonchev–Trinajstić information content (AvgIpc) is 3.47. The maximum Gasteiger partial charge on any atom is 0.273 e. The molecule has 1 unspecified atom stereocenters. The van der Waals surface area contributed by atoms with Crippen molar-refractivity contribution in [1.29, 1.82) is 0 Å². The summed E-state index contributed by atoms with van der Waals surface area (Å²) in [5.74, 6) is 1.12. The number of nitrogens with one attached hydrogen (secondary N) is 1. The van der Waals surface area contributed by atoms with Gasteiger partial charge in [0, 0.05) is 31.1 Å². The summed E-state index contributed by atoms with van der Waals surface area (Å²) < 4.78 is 5.28. The molecule has 7 heteroatoms. The average molecular weight is 411 g/mol. The summed E-state index contributed by atoms with van der Waals surface area (Å²) in [4.78, 5) is 27.2. The fourth-order valence-corrected chi connectivity index (χ4v) is 4.06. The molecule has 2 amide bonds. The van der Waals surface area contributed by atoms with Crippen LogP contribution in [0.25, 0.3) is 0 Å². The zero-order chi connectivity index (χ0) is 21.3. The molecule has 30 heavy (non-hydrogen) atoms. The number of hydrogen-bond donors (Lipinski definition) is 2. The molecule has 4 rings (SSSR count). The maximum absolute atomic E-state index is 12.8. The Bertz CT molecular complexity index is 903. The molecular weight excluding hydrogens is 380 g/mol. The second kappa shape index (κ2) is 8.60. The molecule has 0 spiro atoms. The minimum atomic E-state index is -0.554. The van der Waals surface area contributed by atoms with Gasteiger partial charge in [0.25, 0.3) is 5.91 Å². The van der Waals surface area contributed by atoms with E-state index >= 15 is 0 Å². The largest absolute Gasteiger partial charge is 0.360 e. The first-order valence-electron chi connectivity index (χ1n) is 10.8. The van der Waals surface area contributed by atoms with E-state index < -0.39 is 6.04 Å². The third-order valence-corrected chi connectivity index (χ3v) is 6.17. The molecule has 3 atom stereocenters. The van der Waals surface area contributed by atoms with Crippen LogP contribution in [0.3, 0.4) is 0 Å². The summed E-state index contributed by atoms with van der Waals surface area (Å²) in [5, 5.41) is 6.97. The van der Waals surface area contributed by atoms with E-state index in [2.05, 4.69) is 10.5 Å². The van der Waals surface area contributed by atoms with Crippen LogP contribution in [0.1, 0.15) is 59.5 Å². The third kappa shape index (κ3) is 4.73. The molecule has 2 aliphatic rings. The Labute approximate surface area is 177 Å². The van der Waals surface area contributed by atoms with Gasteiger partial charge in [0.2, 0.25) is 5.91 Å². The van der Waals surface area contributed by atoms with Crippen LogP contribution in [0.5, 0.6) is 0 Å². The van der Waals surface area contributed by atoms with E-state index in [4.69, 9.17) is 10.3 Å². The molecule has 1 saturated heterocycles. The van der Waals surface area contributed by atoms with Crippen LogP contribution in [-0.2, 0) is 11.2 Å². The lowest BCUT2D eigenvalue weighted by Gasteiger charge is -2.38. The zero-order valence-electron chi connectivity index (χ0n) is 17.6. The van der Waals surface area contributed by atoms with Gasteiger partial charge in [-0.3, -0.25) is 9.59 Å². The molecule has 1 aliphatic heterocycles. The number of nitrogens with two attached hydrogens (primary N) is 1. The van der Waals surface area contributed by atoms with Gasteiger partial charge in [-0.25, -0.2) is 0 Å². The Morgan fingerprint density at radius 1 is 1.27 bits per heavy atom. The molecule has 0 bridgehead atoms. The number of rotatable bonds is 6. The highest BCUT2D eigenvalue weighted by Gasteiger charge is 2.33. The van der Waals surface area contributed by atoms with E-state index in [1.165, 1.54) is 5.56 Å². The number of aryl methyl sites for hydroxylation is 1. The second-order valence-electron chi connectivity index (χ2n) is 8.82. The van der Waals surface area contributed by atoms with E-state index in [-0.39, 0.29) is 23.8 Å². The van der Waals surface area contributed by atoms with Crippen molar-refractivity contribution in [2.24, 2.45) is 11.7 Å². The molecule has 2 heterocycles. The zero-order valence-corrected chi connectivity index (χ0v) is 17.6. The Hall–Kier alpha value is -2.67. The third-order valence-electron chi connectivity index (χ3n) is 6.17. The molecule has 0 radical (unpaired) electrons. The summed E-state index contributed by atoms with van der Waals surface area (Å²) in [6, 6.07) is 9.30. The summed E-state index contributed by atoms with van der Waals surface area (Å²) in [5.41, 5.74) is 8.79. The van der Waals surface area contributed by atoms with E-state index in [9.17, 15) is 9.59 Å². The number of benzene rings is 1. The van der Waals surface area contributed by atoms with Gasteiger partial charge in [-0.15, -0.1) is 0 Å². The van der Waals surface area contributed by atoms with Crippen molar-refractivity contribution in [3.63, 3.8) is 0 Å². The summed E-state index contributed by atoms with van der Waals surface area (Å²) in [7, 11) is 0. The van der Waals surface area contributed by atoms with Crippen LogP contribution >= 0.6 is 0 Å². The monoisotopic (exact) mass is 410 g/mol. The minimum Gasteiger partial charge on any atom is -0.360 e. The number of likely N-dealkylation sites (tertiary alicyclic amines) is 1. The summed E-state index contributed by atoms with van der Waals surface area (Å²) in [6.07, 6.45) is 3.43. The highest BCUT2D eigenvalue weighted by Crippen LogP contribution is 2.40. The van der Waals surface area contributed by atoms with Crippen LogP contribution < -0.4 is 11.1 Å². The lowest BCUT2D eigenvalue weighted by atomic mass is 9.92. The normalized spacial score (nSPS) is 22.6. The smallest absolute Gasteiger partial charge is 0.273 e. The van der Waals surface area contributed by atoms with Gasteiger partial charge >= 0.3 is 0 Å². The molecule has 3 N–H and O–H groups in total. The molecule has 1 aromatic heterocycles. The molecule has 7 nitrogen and oxygen atoms in total. The van der Waals surface area contributed by atoms with Crippen molar-refractivity contribution in [2.45, 2.75) is 57.5 Å². The van der Waals surface area contributed by atoms with Crippen LogP contribution in [0.4, 0.5) is 0 Å². The first kappa shape index (κ1) is 20.6. The van der Waals surface area contributed by atoms with Crippen LogP contribution in [0, 0.1) is 12.8 Å². The highest BCUT2D eigenvalue weighted by molar-refractivity contribution is 5.92. The Balaban J connectivity index is 1.28. The number of hydrogen-bond acceptors (Lipinski definition) is 5. The lowest BCUT2D eigenvalue weighted by molar-refractivity contribution is -0.134. The molecular formula is C23H30N4O3. The van der Waals surface area contributed by atoms with Gasteiger partial charge < -0.3 is 20.5 Å². The van der Waals surface area contributed by atoms with Crippen molar-refractivity contribution in [2.75, 3.05) is 13.1 Å². The summed E-state index contributed by atoms with van der Waals surface area (Å²) in [6.45, 7) is 5.25. The second-order valence-corrected chi connectivity index (χ2v) is 8.82. The van der Waals surface area contributed by atoms with Crippen LogP contribution in [-0.4, -0.2) is 47.0 Å². The van der Waals surface area contributed by atoms with Crippen LogP contribution in [0.2, 0.25) is 0 Å². The van der Waals surface area contributed by atoms with Gasteiger partial charge in [0.05, 0.1) is 6.04 Å². The van der Waals surface area contributed by atoms with Gasteiger partial charge in [-0.2, -0.15) is 0 Å². The first-order valence-corrected chi connectivity index (χ1v) is 10.8. The van der Waals surface area contributed by atoms with Crippen molar-refractivity contribution < 1.29 is 14.1 Å². The molecule has 160 valence electrons. The van der Waals surface area contributed by atoms with Gasteiger partial charge in [-0.05, 0) is 44.1 Å². The van der Waals surface area contributed by atoms with E-state index in [1.54, 1.807) is 6.07 Å². The van der Waals surface area contributed by atoms with Crippen molar-refractivity contribution >= 4 is 11.8 Å². The number of carbonyl (C=O) groups excluding carboxylic acids is 2. The van der Waals surface area contributed by atoms with Crippen LogP contribution in [0.15, 0.2) is 34.9 Å². The molecule has 2 fully saturated rings. The van der Waals surface area contributed by atoms with E-state index in [0.29, 0.717) is 37.5 Å². The van der Waals surface area contributed by atoms with E-state index in [0.717, 1.165) is 24.2 Å². The molecule has 1 aromatic carbocycles. The fraction of sp³-hybridized carbons (Fsp3) is 0.522. The number of piperidine rings is 1. The topological polar surface area (TPSA) is 101 Å². The maximum atomic E-state index is 12.8. The first-order chi connectivity index (χ1) is 14.4. The predicted molar refractivity (Wildman–Crippen MR) is 113 cm³/mol. The number of aromatic nitrogens is 1. The number of carbonyl (C=O) groups is 2. The van der Waals surface area contributed by atoms with Gasteiger partial charge in [0.1, 0.15) is 5.76 Å². The van der Waals surface area contributed by atoms with Crippen molar-refractivity contribution in [3.05, 3.63) is 52.9 Å². The minimum absolute atomic E-state index is 0.00375. The van der Waals surface area contributed by atoms with Crippen molar-refractivity contribution in [1.82, 2.24) is 15.4 Å². The predicted octanol–water partition coefficient (Wildman–Crippen LogP) is 2.40. The molecule has 1 saturated carbocycles. The van der Waals surface area contributed by atoms with E-state index in [1.807, 2.05) is 43.0 Å². The SMILES string of the molecule is Cc1ccc(C[C@@H](N)C(=O)N2CCC(NC(=O)c3cc(C4CC4)on3)[C@@H](C)C2)cc1. The van der Waals surface area contributed by atoms with Gasteiger partial charge in [0.15, 0.2) is 5.69 Å². The summed E-state index contributed by atoms with van der Waals surface area (Å²) >= 11 is 0.